The van der Waals surface area contributed by atoms with E-state index in [9.17, 15) is 0 Å². The maximum atomic E-state index is 2.36. The van der Waals surface area contributed by atoms with Crippen LogP contribution in [-0.4, -0.2) is 11.4 Å². The molecule has 0 aromatic rings. The maximum Gasteiger partial charge on any atom is 0.0435 e. The Balaban J connectivity index is 2.31. The Morgan fingerprint density at radius 1 is 1.07 bits per heavy atom. The van der Waals surface area contributed by atoms with E-state index in [2.05, 4.69) is 48.4 Å². The van der Waals surface area contributed by atoms with E-state index in [1.54, 1.807) is 0 Å². The molecule has 0 saturated carbocycles. The topological polar surface area (TPSA) is 3.24 Å². The van der Waals surface area contributed by atoms with Crippen molar-refractivity contribution in [3.05, 3.63) is 47.9 Å². The second-order valence-corrected chi connectivity index (χ2v) is 3.98. The minimum Gasteiger partial charge on any atom is -0.348 e. The van der Waals surface area contributed by atoms with Crippen LogP contribution < -0.4 is 0 Å². The van der Waals surface area contributed by atoms with Gasteiger partial charge in [-0.05, 0) is 38.2 Å². The van der Waals surface area contributed by atoms with E-state index in [4.69, 9.17) is 0 Å². The molecule has 0 spiro atoms. The van der Waals surface area contributed by atoms with Crippen LogP contribution in [-0.2, 0) is 0 Å². The van der Waals surface area contributed by atoms with Crippen LogP contribution in [0.3, 0.4) is 0 Å². The fourth-order valence-corrected chi connectivity index (χ4v) is 2.08. The van der Waals surface area contributed by atoms with Gasteiger partial charge in [-0.3, -0.25) is 0 Å². The summed E-state index contributed by atoms with van der Waals surface area (Å²) in [5.41, 5.74) is 2.78. The summed E-state index contributed by atoms with van der Waals surface area (Å²) in [5, 5.41) is 0. The lowest BCUT2D eigenvalue weighted by atomic mass is 10.0. The van der Waals surface area contributed by atoms with Gasteiger partial charge < -0.3 is 4.90 Å². The van der Waals surface area contributed by atoms with Gasteiger partial charge in [0.15, 0.2) is 0 Å². The molecule has 0 amide bonds. The van der Waals surface area contributed by atoms with Crippen molar-refractivity contribution in [2.24, 2.45) is 0 Å². The summed E-state index contributed by atoms with van der Waals surface area (Å²) in [4.78, 5) is 2.35. The predicted molar refractivity (Wildman–Crippen MR) is 65.3 cm³/mol. The Kier molecular flexibility index (Phi) is 3.44. The molecule has 1 nitrogen and oxygen atoms in total. The summed E-state index contributed by atoms with van der Waals surface area (Å²) in [6.45, 7) is 3.26. The SMILES string of the molecule is CCN1/C=C/CC/C=C/C2=CCCC=C21. The lowest BCUT2D eigenvalue weighted by molar-refractivity contribution is 0.495. The van der Waals surface area contributed by atoms with E-state index >= 15 is 0 Å². The van der Waals surface area contributed by atoms with Crippen LogP contribution in [0.4, 0.5) is 0 Å². The molecule has 0 radical (unpaired) electrons. The molecule has 0 fully saturated rings. The molecule has 80 valence electrons. The average molecular weight is 201 g/mol. The molecule has 1 heterocycles. The quantitative estimate of drug-likeness (QED) is 0.624. The van der Waals surface area contributed by atoms with E-state index in [1.165, 1.54) is 24.1 Å². The molecule has 0 aromatic heterocycles. The van der Waals surface area contributed by atoms with E-state index in [0.29, 0.717) is 0 Å². The van der Waals surface area contributed by atoms with E-state index in [-0.39, 0.29) is 0 Å². The third-order valence-corrected chi connectivity index (χ3v) is 2.90. The van der Waals surface area contributed by atoms with Crippen molar-refractivity contribution in [3.63, 3.8) is 0 Å². The van der Waals surface area contributed by atoms with Crippen molar-refractivity contribution in [1.29, 1.82) is 0 Å². The molecular weight excluding hydrogens is 182 g/mol. The summed E-state index contributed by atoms with van der Waals surface area (Å²) in [6, 6.07) is 0. The molecule has 0 bridgehead atoms. The number of hydrogen-bond donors (Lipinski definition) is 0. The van der Waals surface area contributed by atoms with E-state index in [1.807, 2.05) is 0 Å². The monoisotopic (exact) mass is 201 g/mol. The normalized spacial score (nSPS) is 25.3. The smallest absolute Gasteiger partial charge is 0.0435 e. The van der Waals surface area contributed by atoms with Crippen molar-refractivity contribution in [2.45, 2.75) is 32.6 Å². The highest BCUT2D eigenvalue weighted by Crippen LogP contribution is 2.24. The summed E-state index contributed by atoms with van der Waals surface area (Å²) in [5.74, 6) is 0. The van der Waals surface area contributed by atoms with E-state index < -0.39 is 0 Å². The van der Waals surface area contributed by atoms with Crippen LogP contribution in [0.5, 0.6) is 0 Å². The maximum absolute atomic E-state index is 2.36. The fraction of sp³-hybridized carbons (Fsp3) is 0.429. The third kappa shape index (κ3) is 2.41. The molecule has 1 aliphatic carbocycles. The zero-order valence-electron chi connectivity index (χ0n) is 9.45. The van der Waals surface area contributed by atoms with Gasteiger partial charge in [0.25, 0.3) is 0 Å². The molecule has 2 aliphatic rings. The first kappa shape index (κ1) is 10.3. The number of hydrogen-bond acceptors (Lipinski definition) is 1. The molecule has 1 heteroatoms. The molecule has 0 aromatic carbocycles. The van der Waals surface area contributed by atoms with Crippen molar-refractivity contribution in [1.82, 2.24) is 4.90 Å². The van der Waals surface area contributed by atoms with Gasteiger partial charge in [0.05, 0.1) is 0 Å². The van der Waals surface area contributed by atoms with Gasteiger partial charge in [-0.15, -0.1) is 0 Å². The number of likely N-dealkylation sites (N-methyl/N-ethyl adjacent to an activating group) is 1. The molecule has 1 aliphatic heterocycles. The van der Waals surface area contributed by atoms with Crippen molar-refractivity contribution < 1.29 is 0 Å². The van der Waals surface area contributed by atoms with Gasteiger partial charge in [-0.25, -0.2) is 0 Å². The van der Waals surface area contributed by atoms with Gasteiger partial charge in [-0.2, -0.15) is 0 Å². The van der Waals surface area contributed by atoms with Crippen LogP contribution in [0.25, 0.3) is 0 Å². The minimum atomic E-state index is 1.05. The zero-order valence-corrected chi connectivity index (χ0v) is 9.45. The lowest BCUT2D eigenvalue weighted by Crippen LogP contribution is -2.18. The van der Waals surface area contributed by atoms with Crippen LogP contribution in [0.1, 0.15) is 32.6 Å². The summed E-state index contributed by atoms with van der Waals surface area (Å²) in [7, 11) is 0. The Hall–Kier alpha value is -1.24. The molecule has 0 N–H and O–H groups in total. The second-order valence-electron chi connectivity index (χ2n) is 3.98. The van der Waals surface area contributed by atoms with Crippen molar-refractivity contribution in [2.75, 3.05) is 6.54 Å². The van der Waals surface area contributed by atoms with Crippen molar-refractivity contribution in [3.8, 4) is 0 Å². The Morgan fingerprint density at radius 3 is 2.73 bits per heavy atom. The van der Waals surface area contributed by atoms with Gasteiger partial charge in [0.2, 0.25) is 0 Å². The standard InChI is InChI=1S/C14H19N/c1-2-15-12-8-4-3-5-9-13-10-6-7-11-14(13)15/h5,8-12H,2-4,6-7H2,1H3/b9-5+,12-8+. The molecule has 0 saturated heterocycles. The predicted octanol–water partition coefficient (Wildman–Crippen LogP) is 3.78. The first-order chi connectivity index (χ1) is 7.42. The summed E-state index contributed by atoms with van der Waals surface area (Å²) >= 11 is 0. The number of rotatable bonds is 1. The van der Waals surface area contributed by atoms with Crippen LogP contribution in [0, 0.1) is 0 Å². The van der Waals surface area contributed by atoms with Gasteiger partial charge in [-0.1, -0.05) is 30.4 Å². The number of allylic oxidation sites excluding steroid dienone is 5. The minimum absolute atomic E-state index is 1.05. The lowest BCUT2D eigenvalue weighted by Gasteiger charge is -2.25. The highest BCUT2D eigenvalue weighted by Gasteiger charge is 2.11. The molecule has 15 heavy (non-hydrogen) atoms. The zero-order chi connectivity index (χ0) is 10.5. The van der Waals surface area contributed by atoms with Crippen molar-refractivity contribution >= 4 is 0 Å². The highest BCUT2D eigenvalue weighted by atomic mass is 15.1. The Labute approximate surface area is 92.5 Å². The average Bonchev–Trinajstić information content (AvgIpc) is 2.38. The fourth-order valence-electron chi connectivity index (χ4n) is 2.08. The largest absolute Gasteiger partial charge is 0.348 e. The van der Waals surface area contributed by atoms with Crippen LogP contribution in [0.15, 0.2) is 47.9 Å². The Morgan fingerprint density at radius 2 is 1.87 bits per heavy atom. The summed E-state index contributed by atoms with van der Waals surface area (Å²) in [6.07, 6.45) is 18.4. The number of fused-ring (bicyclic) bond motifs is 1. The molecule has 0 atom stereocenters. The van der Waals surface area contributed by atoms with E-state index in [0.717, 1.165) is 19.4 Å². The first-order valence-electron chi connectivity index (χ1n) is 5.92. The van der Waals surface area contributed by atoms with Gasteiger partial charge >= 0.3 is 0 Å². The molecule has 0 unspecified atom stereocenters. The van der Waals surface area contributed by atoms with Crippen LogP contribution in [0.2, 0.25) is 0 Å². The second kappa shape index (κ2) is 5.01. The van der Waals surface area contributed by atoms with Crippen LogP contribution >= 0.6 is 0 Å². The number of nitrogens with zero attached hydrogens (tertiary/aromatic N) is 1. The summed E-state index contributed by atoms with van der Waals surface area (Å²) < 4.78 is 0. The molecular formula is C14H19N. The first-order valence-corrected chi connectivity index (χ1v) is 5.92. The van der Waals surface area contributed by atoms with Gasteiger partial charge in [0.1, 0.15) is 0 Å². The Bertz CT molecular complexity index is 331. The third-order valence-electron chi connectivity index (χ3n) is 2.90. The molecule has 2 rings (SSSR count). The highest BCUT2D eigenvalue weighted by molar-refractivity contribution is 5.42. The van der Waals surface area contributed by atoms with Gasteiger partial charge in [0, 0.05) is 18.4 Å².